The van der Waals surface area contributed by atoms with E-state index in [-0.39, 0.29) is 0 Å². The highest BCUT2D eigenvalue weighted by molar-refractivity contribution is 7.17. The zero-order chi connectivity index (χ0) is 13.2. The van der Waals surface area contributed by atoms with Crippen molar-refractivity contribution in [2.45, 2.75) is 13.8 Å². The first-order chi connectivity index (χ1) is 9.24. The molecule has 1 heterocycles. The number of benzene rings is 2. The largest absolute Gasteiger partial charge is 0.148 e. The molecule has 0 spiro atoms. The summed E-state index contributed by atoms with van der Waals surface area (Å²) in [6.45, 7) is 4.21. The van der Waals surface area contributed by atoms with Crippen molar-refractivity contribution in [1.29, 1.82) is 0 Å². The van der Waals surface area contributed by atoms with Crippen LogP contribution in [0.1, 0.15) is 11.1 Å². The van der Waals surface area contributed by atoms with Gasteiger partial charge in [0.1, 0.15) is 10.0 Å². The van der Waals surface area contributed by atoms with Crippen LogP contribution in [-0.4, -0.2) is 10.2 Å². The van der Waals surface area contributed by atoms with Crippen LogP contribution in [0.15, 0.2) is 48.5 Å². The first-order valence-corrected chi connectivity index (χ1v) is 7.02. The van der Waals surface area contributed by atoms with Gasteiger partial charge in [0, 0.05) is 11.1 Å². The predicted octanol–water partition coefficient (Wildman–Crippen LogP) is 4.49. The van der Waals surface area contributed by atoms with Crippen molar-refractivity contribution in [2.75, 3.05) is 0 Å². The molecule has 3 aromatic rings. The maximum Gasteiger partial charge on any atom is 0.148 e. The molecule has 2 aromatic carbocycles. The molecular weight excluding hydrogens is 252 g/mol. The van der Waals surface area contributed by atoms with Crippen LogP contribution in [0.2, 0.25) is 0 Å². The van der Waals surface area contributed by atoms with Gasteiger partial charge < -0.3 is 0 Å². The Morgan fingerprint density at radius 1 is 0.842 bits per heavy atom. The second kappa shape index (κ2) is 4.94. The Bertz CT molecular complexity index is 702. The number of aryl methyl sites for hydroxylation is 2. The lowest BCUT2D eigenvalue weighted by atomic mass is 10.1. The lowest BCUT2D eigenvalue weighted by molar-refractivity contribution is 1.10. The number of aromatic nitrogens is 2. The van der Waals surface area contributed by atoms with E-state index in [2.05, 4.69) is 54.4 Å². The van der Waals surface area contributed by atoms with Gasteiger partial charge in [0.25, 0.3) is 0 Å². The van der Waals surface area contributed by atoms with Gasteiger partial charge >= 0.3 is 0 Å². The van der Waals surface area contributed by atoms with Crippen LogP contribution in [0.25, 0.3) is 21.1 Å². The summed E-state index contributed by atoms with van der Waals surface area (Å²) in [6.07, 6.45) is 0. The molecular formula is C16H14N2S. The zero-order valence-electron chi connectivity index (χ0n) is 10.9. The van der Waals surface area contributed by atoms with Gasteiger partial charge in [0.2, 0.25) is 0 Å². The molecule has 0 bridgehead atoms. The Balaban J connectivity index is 2.04. The highest BCUT2D eigenvalue weighted by Gasteiger charge is 2.10. The molecule has 0 saturated carbocycles. The molecule has 2 nitrogen and oxygen atoms in total. The predicted molar refractivity (Wildman–Crippen MR) is 80.3 cm³/mol. The molecule has 0 aliphatic carbocycles. The first kappa shape index (κ1) is 12.1. The van der Waals surface area contributed by atoms with Crippen LogP contribution in [0, 0.1) is 13.8 Å². The van der Waals surface area contributed by atoms with Crippen molar-refractivity contribution in [3.63, 3.8) is 0 Å². The molecule has 3 rings (SSSR count). The number of rotatable bonds is 2. The van der Waals surface area contributed by atoms with Crippen LogP contribution < -0.4 is 0 Å². The Morgan fingerprint density at radius 2 is 1.58 bits per heavy atom. The third-order valence-corrected chi connectivity index (χ3v) is 4.07. The molecule has 0 radical (unpaired) electrons. The first-order valence-electron chi connectivity index (χ1n) is 6.20. The van der Waals surface area contributed by atoms with Crippen LogP contribution in [0.3, 0.4) is 0 Å². The summed E-state index contributed by atoms with van der Waals surface area (Å²) >= 11 is 1.64. The summed E-state index contributed by atoms with van der Waals surface area (Å²) in [5, 5.41) is 10.6. The standard InChI is InChI=1S/C16H14N2S/c1-11-8-9-12(2)14(10-11)16-18-17-15(19-16)13-6-4-3-5-7-13/h3-10H,1-2H3. The average molecular weight is 266 g/mol. The summed E-state index contributed by atoms with van der Waals surface area (Å²) in [5.41, 5.74) is 4.79. The van der Waals surface area contributed by atoms with E-state index in [1.54, 1.807) is 11.3 Å². The lowest BCUT2D eigenvalue weighted by Gasteiger charge is -2.02. The third-order valence-electron chi connectivity index (χ3n) is 3.07. The van der Waals surface area contributed by atoms with Gasteiger partial charge in [-0.25, -0.2) is 0 Å². The van der Waals surface area contributed by atoms with Gasteiger partial charge in [0.05, 0.1) is 0 Å². The van der Waals surface area contributed by atoms with Gasteiger partial charge in [-0.3, -0.25) is 0 Å². The molecule has 0 N–H and O–H groups in total. The van der Waals surface area contributed by atoms with E-state index in [9.17, 15) is 0 Å². The van der Waals surface area contributed by atoms with Crippen molar-refractivity contribution in [3.8, 4) is 21.1 Å². The second-order valence-electron chi connectivity index (χ2n) is 4.60. The average Bonchev–Trinajstić information content (AvgIpc) is 2.92. The number of hydrogen-bond acceptors (Lipinski definition) is 3. The van der Waals surface area contributed by atoms with Crippen molar-refractivity contribution in [2.24, 2.45) is 0 Å². The van der Waals surface area contributed by atoms with E-state index in [1.807, 2.05) is 18.2 Å². The van der Waals surface area contributed by atoms with Gasteiger partial charge in [0.15, 0.2) is 0 Å². The van der Waals surface area contributed by atoms with Crippen molar-refractivity contribution >= 4 is 11.3 Å². The highest BCUT2D eigenvalue weighted by Crippen LogP contribution is 2.31. The molecule has 1 aromatic heterocycles. The molecule has 0 atom stereocenters. The van der Waals surface area contributed by atoms with E-state index in [0.29, 0.717) is 0 Å². The van der Waals surface area contributed by atoms with Crippen LogP contribution in [0.5, 0.6) is 0 Å². The quantitative estimate of drug-likeness (QED) is 0.683. The molecule has 0 aliphatic rings. The Labute approximate surface area is 116 Å². The Morgan fingerprint density at radius 3 is 2.37 bits per heavy atom. The van der Waals surface area contributed by atoms with E-state index in [0.717, 1.165) is 15.6 Å². The van der Waals surface area contributed by atoms with E-state index < -0.39 is 0 Å². The highest BCUT2D eigenvalue weighted by atomic mass is 32.1. The fraction of sp³-hybridized carbons (Fsp3) is 0.125. The molecule has 0 unspecified atom stereocenters. The summed E-state index contributed by atoms with van der Waals surface area (Å²) < 4.78 is 0. The summed E-state index contributed by atoms with van der Waals surface area (Å²) in [6, 6.07) is 16.6. The smallest absolute Gasteiger partial charge is 0.138 e. The fourth-order valence-corrected chi connectivity index (χ4v) is 2.93. The molecule has 0 amide bonds. The van der Waals surface area contributed by atoms with Crippen molar-refractivity contribution < 1.29 is 0 Å². The minimum absolute atomic E-state index is 0.969. The zero-order valence-corrected chi connectivity index (χ0v) is 11.7. The van der Waals surface area contributed by atoms with Crippen LogP contribution in [0.4, 0.5) is 0 Å². The monoisotopic (exact) mass is 266 g/mol. The normalized spacial score (nSPS) is 10.6. The van der Waals surface area contributed by atoms with Gasteiger partial charge in [-0.1, -0.05) is 59.4 Å². The molecule has 94 valence electrons. The lowest BCUT2D eigenvalue weighted by Crippen LogP contribution is -1.84. The maximum absolute atomic E-state index is 4.33. The molecule has 19 heavy (non-hydrogen) atoms. The molecule has 0 aliphatic heterocycles. The third kappa shape index (κ3) is 2.42. The number of nitrogens with zero attached hydrogens (tertiary/aromatic N) is 2. The Kier molecular flexibility index (Phi) is 3.13. The van der Waals surface area contributed by atoms with Gasteiger partial charge in [-0.2, -0.15) is 0 Å². The topological polar surface area (TPSA) is 25.8 Å². The van der Waals surface area contributed by atoms with Gasteiger partial charge in [-0.05, 0) is 25.5 Å². The maximum atomic E-state index is 4.33. The Hall–Kier alpha value is -2.00. The van der Waals surface area contributed by atoms with E-state index >= 15 is 0 Å². The molecule has 3 heteroatoms. The molecule has 0 saturated heterocycles. The second-order valence-corrected chi connectivity index (χ2v) is 5.57. The fourth-order valence-electron chi connectivity index (χ4n) is 2.00. The number of hydrogen-bond donors (Lipinski definition) is 0. The SMILES string of the molecule is Cc1ccc(C)c(-c2nnc(-c3ccccc3)s2)c1. The van der Waals surface area contributed by atoms with E-state index in [1.165, 1.54) is 16.7 Å². The summed E-state index contributed by atoms with van der Waals surface area (Å²) in [7, 11) is 0. The van der Waals surface area contributed by atoms with Crippen molar-refractivity contribution in [3.05, 3.63) is 59.7 Å². The van der Waals surface area contributed by atoms with Crippen LogP contribution in [-0.2, 0) is 0 Å². The summed E-state index contributed by atoms with van der Waals surface area (Å²) in [5.74, 6) is 0. The van der Waals surface area contributed by atoms with Crippen LogP contribution >= 0.6 is 11.3 Å². The van der Waals surface area contributed by atoms with Gasteiger partial charge in [-0.15, -0.1) is 10.2 Å². The minimum Gasteiger partial charge on any atom is -0.138 e. The van der Waals surface area contributed by atoms with E-state index in [4.69, 9.17) is 0 Å². The van der Waals surface area contributed by atoms with Crippen molar-refractivity contribution in [1.82, 2.24) is 10.2 Å². The minimum atomic E-state index is 0.969. The summed E-state index contributed by atoms with van der Waals surface area (Å²) in [4.78, 5) is 0. The molecule has 0 fully saturated rings.